The molecule has 1 saturated carbocycles. The van der Waals surface area contributed by atoms with E-state index in [1.54, 1.807) is 12.1 Å². The third kappa shape index (κ3) is 5.60. The molecular formula is C24H32N4O3. The summed E-state index contributed by atoms with van der Waals surface area (Å²) in [4.78, 5) is 21.8. The van der Waals surface area contributed by atoms with Crippen molar-refractivity contribution in [3.8, 4) is 11.5 Å². The lowest BCUT2D eigenvalue weighted by atomic mass is 10.2. The number of ether oxygens (including phenoxy) is 1. The van der Waals surface area contributed by atoms with Gasteiger partial charge < -0.3 is 25.0 Å². The Hall–Kier alpha value is -2.96. The number of rotatable bonds is 7. The zero-order valence-corrected chi connectivity index (χ0v) is 18.2. The summed E-state index contributed by atoms with van der Waals surface area (Å²) in [5, 5.41) is 12.9. The molecule has 4 rings (SSSR count). The summed E-state index contributed by atoms with van der Waals surface area (Å²) in [5.74, 6) is 1.53. The monoisotopic (exact) mass is 424 g/mol. The van der Waals surface area contributed by atoms with Crippen molar-refractivity contribution in [2.24, 2.45) is 0 Å². The largest absolute Gasteiger partial charge is 0.504 e. The van der Waals surface area contributed by atoms with Crippen LogP contribution >= 0.6 is 0 Å². The van der Waals surface area contributed by atoms with Crippen molar-refractivity contribution in [2.75, 3.05) is 25.1 Å². The number of benzene rings is 1. The van der Waals surface area contributed by atoms with Crippen LogP contribution in [0.2, 0.25) is 0 Å². The van der Waals surface area contributed by atoms with E-state index in [1.807, 2.05) is 23.2 Å². The van der Waals surface area contributed by atoms with E-state index in [4.69, 9.17) is 4.74 Å². The van der Waals surface area contributed by atoms with E-state index in [9.17, 15) is 9.90 Å². The van der Waals surface area contributed by atoms with Gasteiger partial charge in [-0.3, -0.25) is 0 Å². The number of nitrogens with zero attached hydrogens (tertiary/aromatic N) is 3. The Morgan fingerprint density at radius 2 is 1.94 bits per heavy atom. The van der Waals surface area contributed by atoms with E-state index in [0.717, 1.165) is 42.9 Å². The number of amides is 2. The Morgan fingerprint density at radius 1 is 1.16 bits per heavy atom. The lowest BCUT2D eigenvalue weighted by molar-refractivity contribution is 0.191. The minimum Gasteiger partial charge on any atom is -0.504 e. The van der Waals surface area contributed by atoms with Gasteiger partial charge in [-0.25, -0.2) is 9.78 Å². The van der Waals surface area contributed by atoms with Crippen LogP contribution in [0.25, 0.3) is 0 Å². The third-order valence-electron chi connectivity index (χ3n) is 6.03. The minimum absolute atomic E-state index is 0.0670. The Kier molecular flexibility index (Phi) is 6.79. The van der Waals surface area contributed by atoms with Crippen LogP contribution < -0.4 is 15.0 Å². The zero-order chi connectivity index (χ0) is 21.6. The van der Waals surface area contributed by atoms with Gasteiger partial charge in [0, 0.05) is 38.4 Å². The summed E-state index contributed by atoms with van der Waals surface area (Å²) < 4.78 is 5.20. The third-order valence-corrected chi connectivity index (χ3v) is 6.03. The standard InChI is InChI=1S/C24H32N4O3/c1-31-22-14-19(6-9-21(22)29)17-28(20-7-8-20)24(30)26-16-18-10-11-25-23(15-18)27-12-4-2-3-5-13-27/h6,9-11,14-15,20,29H,2-5,7-8,12-13,16-17H2,1H3,(H,26,30). The number of anilines is 1. The van der Waals surface area contributed by atoms with Gasteiger partial charge in [-0.15, -0.1) is 0 Å². The molecule has 31 heavy (non-hydrogen) atoms. The Bertz CT molecular complexity index is 892. The van der Waals surface area contributed by atoms with E-state index in [1.165, 1.54) is 32.8 Å². The van der Waals surface area contributed by atoms with Crippen molar-refractivity contribution < 1.29 is 14.6 Å². The molecule has 0 unspecified atom stereocenters. The first-order chi connectivity index (χ1) is 15.1. The lowest BCUT2D eigenvalue weighted by Gasteiger charge is -2.24. The van der Waals surface area contributed by atoms with Crippen molar-refractivity contribution in [1.29, 1.82) is 0 Å². The first-order valence-electron chi connectivity index (χ1n) is 11.2. The van der Waals surface area contributed by atoms with Gasteiger partial charge in [0.25, 0.3) is 0 Å². The molecule has 1 aliphatic heterocycles. The number of phenols is 1. The molecule has 2 heterocycles. The van der Waals surface area contributed by atoms with Crippen molar-refractivity contribution in [2.45, 2.75) is 57.7 Å². The number of aromatic hydroxyl groups is 1. The van der Waals surface area contributed by atoms with Gasteiger partial charge in [0.15, 0.2) is 11.5 Å². The van der Waals surface area contributed by atoms with Crippen LogP contribution in [0.15, 0.2) is 36.5 Å². The first-order valence-corrected chi connectivity index (χ1v) is 11.2. The lowest BCUT2D eigenvalue weighted by Crippen LogP contribution is -2.40. The number of carbonyl (C=O) groups excluding carboxylic acids is 1. The van der Waals surface area contributed by atoms with Crippen molar-refractivity contribution in [3.05, 3.63) is 47.7 Å². The highest BCUT2D eigenvalue weighted by molar-refractivity contribution is 5.75. The first kappa shape index (κ1) is 21.3. The molecule has 2 aromatic rings. The Balaban J connectivity index is 1.38. The molecule has 1 saturated heterocycles. The molecule has 166 valence electrons. The summed E-state index contributed by atoms with van der Waals surface area (Å²) in [7, 11) is 1.53. The smallest absolute Gasteiger partial charge is 0.318 e. The molecule has 1 aromatic heterocycles. The maximum absolute atomic E-state index is 13.0. The maximum Gasteiger partial charge on any atom is 0.318 e. The van der Waals surface area contributed by atoms with Crippen LogP contribution in [-0.2, 0) is 13.1 Å². The summed E-state index contributed by atoms with van der Waals surface area (Å²) >= 11 is 0. The highest BCUT2D eigenvalue weighted by atomic mass is 16.5. The molecule has 2 amide bonds. The maximum atomic E-state index is 13.0. The molecule has 0 atom stereocenters. The summed E-state index contributed by atoms with van der Waals surface area (Å²) in [6.45, 7) is 3.07. The van der Waals surface area contributed by atoms with Gasteiger partial charge >= 0.3 is 6.03 Å². The molecule has 2 fully saturated rings. The van der Waals surface area contributed by atoms with E-state index in [0.29, 0.717) is 18.8 Å². The molecule has 0 radical (unpaired) electrons. The van der Waals surface area contributed by atoms with Gasteiger partial charge in [0.2, 0.25) is 0 Å². The van der Waals surface area contributed by atoms with Crippen LogP contribution in [0.5, 0.6) is 11.5 Å². The van der Waals surface area contributed by atoms with Crippen molar-refractivity contribution >= 4 is 11.8 Å². The number of aromatic nitrogens is 1. The van der Waals surface area contributed by atoms with E-state index in [2.05, 4.69) is 21.3 Å². The number of hydrogen-bond donors (Lipinski definition) is 2. The number of pyridine rings is 1. The molecule has 0 spiro atoms. The molecule has 2 N–H and O–H groups in total. The fraction of sp³-hybridized carbons (Fsp3) is 0.500. The average Bonchev–Trinajstić information content (AvgIpc) is 3.64. The Morgan fingerprint density at radius 3 is 2.65 bits per heavy atom. The zero-order valence-electron chi connectivity index (χ0n) is 18.2. The van der Waals surface area contributed by atoms with Crippen LogP contribution in [-0.4, -0.2) is 47.3 Å². The van der Waals surface area contributed by atoms with E-state index in [-0.39, 0.29) is 17.8 Å². The Labute approximate surface area is 184 Å². The molecule has 0 bridgehead atoms. The summed E-state index contributed by atoms with van der Waals surface area (Å²) in [6, 6.07) is 9.49. The quantitative estimate of drug-likeness (QED) is 0.701. The normalized spacial score (nSPS) is 16.5. The van der Waals surface area contributed by atoms with E-state index < -0.39 is 0 Å². The number of nitrogens with one attached hydrogen (secondary N) is 1. The number of urea groups is 1. The second kappa shape index (κ2) is 9.90. The SMILES string of the molecule is COc1cc(CN(C(=O)NCc2ccnc(N3CCCCCC3)c2)C2CC2)ccc1O. The van der Waals surface area contributed by atoms with Gasteiger partial charge in [-0.2, -0.15) is 0 Å². The molecule has 7 heteroatoms. The van der Waals surface area contributed by atoms with Gasteiger partial charge in [0.05, 0.1) is 7.11 Å². The number of carbonyl (C=O) groups is 1. The predicted octanol–water partition coefficient (Wildman–Crippen LogP) is 4.05. The molecule has 2 aliphatic rings. The van der Waals surface area contributed by atoms with Crippen LogP contribution in [0.3, 0.4) is 0 Å². The summed E-state index contributed by atoms with van der Waals surface area (Å²) in [5.41, 5.74) is 1.99. The van der Waals surface area contributed by atoms with Gasteiger partial charge in [-0.1, -0.05) is 18.9 Å². The molecule has 7 nitrogen and oxygen atoms in total. The van der Waals surface area contributed by atoms with Crippen molar-refractivity contribution in [3.63, 3.8) is 0 Å². The van der Waals surface area contributed by atoms with E-state index >= 15 is 0 Å². The van der Waals surface area contributed by atoms with Crippen LogP contribution in [0.4, 0.5) is 10.6 Å². The second-order valence-corrected chi connectivity index (χ2v) is 8.45. The predicted molar refractivity (Wildman–Crippen MR) is 120 cm³/mol. The fourth-order valence-electron chi connectivity index (χ4n) is 4.09. The van der Waals surface area contributed by atoms with Crippen LogP contribution in [0.1, 0.15) is 49.7 Å². The van der Waals surface area contributed by atoms with Crippen LogP contribution in [0, 0.1) is 0 Å². The molecular weight excluding hydrogens is 392 g/mol. The highest BCUT2D eigenvalue weighted by Gasteiger charge is 2.32. The molecule has 1 aromatic carbocycles. The van der Waals surface area contributed by atoms with Gasteiger partial charge in [-0.05, 0) is 61.1 Å². The number of hydrogen-bond acceptors (Lipinski definition) is 5. The van der Waals surface area contributed by atoms with Crippen molar-refractivity contribution in [1.82, 2.24) is 15.2 Å². The minimum atomic E-state index is -0.0670. The highest BCUT2D eigenvalue weighted by Crippen LogP contribution is 2.31. The average molecular weight is 425 g/mol. The number of methoxy groups -OCH3 is 1. The van der Waals surface area contributed by atoms with Gasteiger partial charge in [0.1, 0.15) is 5.82 Å². The summed E-state index contributed by atoms with van der Waals surface area (Å²) in [6.07, 6.45) is 8.88. The second-order valence-electron chi connectivity index (χ2n) is 8.45. The fourth-order valence-corrected chi connectivity index (χ4v) is 4.09. The number of phenolic OH excluding ortho intramolecular Hbond substituents is 1. The topological polar surface area (TPSA) is 77.9 Å². The molecule has 1 aliphatic carbocycles.